The number of rotatable bonds is 1. The van der Waals surface area contributed by atoms with E-state index in [0.29, 0.717) is 4.57 Å². The summed E-state index contributed by atoms with van der Waals surface area (Å²) in [5, 5.41) is 18.5. The Bertz CT molecular complexity index is 912. The normalized spacial score (nSPS) is 18.9. The van der Waals surface area contributed by atoms with E-state index in [2.05, 4.69) is 0 Å². The van der Waals surface area contributed by atoms with Crippen LogP contribution in [0.2, 0.25) is 5.02 Å². The minimum absolute atomic E-state index is 0.0307. The molecule has 1 N–H and O–H groups in total. The quantitative estimate of drug-likeness (QED) is 0.746. The predicted molar refractivity (Wildman–Crippen MR) is 74.1 cm³/mol. The lowest BCUT2D eigenvalue weighted by Gasteiger charge is -2.17. The summed E-state index contributed by atoms with van der Waals surface area (Å²) in [7, 11) is 0. The Hall–Kier alpha value is -2.18. The van der Waals surface area contributed by atoms with Gasteiger partial charge in [-0.1, -0.05) is 11.6 Å². The zero-order valence-corrected chi connectivity index (χ0v) is 12.8. The highest BCUT2D eigenvalue weighted by molar-refractivity contribution is 6.31. The maximum absolute atomic E-state index is 14.5. The Kier molecular flexibility index (Phi) is 3.82. The molecule has 1 unspecified atom stereocenters. The first kappa shape index (κ1) is 17.6. The Labute approximate surface area is 141 Å². The van der Waals surface area contributed by atoms with Gasteiger partial charge in [0.2, 0.25) is 5.95 Å². The van der Waals surface area contributed by atoms with Crippen molar-refractivity contribution in [1.29, 1.82) is 5.26 Å². The third-order valence-electron chi connectivity index (χ3n) is 3.94. The van der Waals surface area contributed by atoms with Crippen molar-refractivity contribution < 1.29 is 31.4 Å². The summed E-state index contributed by atoms with van der Waals surface area (Å²) in [6, 6.07) is 4.88. The first-order chi connectivity index (χ1) is 11.5. The Morgan fingerprint density at radius 2 is 1.96 bits per heavy atom. The number of benzene rings is 1. The van der Waals surface area contributed by atoms with Gasteiger partial charge in [0.05, 0.1) is 17.0 Å². The number of fused-ring (bicyclic) bond motifs is 1. The SMILES string of the molecule is N#Cc1cc(-n2c(F)c(C(F)(F)F)c3c2CC(F)(F)C3O)ccc1Cl. The summed E-state index contributed by atoms with van der Waals surface area (Å²) in [6.45, 7) is 0. The Balaban J connectivity index is 2.34. The molecular weight excluding hydrogens is 374 g/mol. The Morgan fingerprint density at radius 1 is 1.32 bits per heavy atom. The van der Waals surface area contributed by atoms with Crippen LogP contribution in [0.25, 0.3) is 5.69 Å². The van der Waals surface area contributed by atoms with Crippen LogP contribution in [0, 0.1) is 17.3 Å². The third kappa shape index (κ3) is 2.56. The second-order valence-corrected chi connectivity index (χ2v) is 5.88. The zero-order chi connectivity index (χ0) is 18.7. The summed E-state index contributed by atoms with van der Waals surface area (Å²) in [6.07, 6.45) is -9.34. The van der Waals surface area contributed by atoms with Gasteiger partial charge in [0.1, 0.15) is 17.7 Å². The summed E-state index contributed by atoms with van der Waals surface area (Å²) >= 11 is 5.72. The van der Waals surface area contributed by atoms with Crippen LogP contribution in [0.3, 0.4) is 0 Å². The molecule has 0 saturated carbocycles. The highest BCUT2D eigenvalue weighted by Gasteiger charge is 2.55. The van der Waals surface area contributed by atoms with Crippen molar-refractivity contribution >= 4 is 11.6 Å². The number of nitrogens with zero attached hydrogens (tertiary/aromatic N) is 2. The average molecular weight is 381 g/mol. The van der Waals surface area contributed by atoms with Gasteiger partial charge in [0, 0.05) is 16.9 Å². The highest BCUT2D eigenvalue weighted by atomic mass is 35.5. The lowest BCUT2D eigenvalue weighted by Crippen LogP contribution is -2.24. The van der Waals surface area contributed by atoms with Crippen molar-refractivity contribution in [2.45, 2.75) is 24.6 Å². The van der Waals surface area contributed by atoms with Crippen LogP contribution in [0.5, 0.6) is 0 Å². The van der Waals surface area contributed by atoms with E-state index in [4.69, 9.17) is 16.9 Å². The van der Waals surface area contributed by atoms with Crippen LogP contribution >= 0.6 is 11.6 Å². The van der Waals surface area contributed by atoms with Gasteiger partial charge in [-0.25, -0.2) is 8.78 Å². The van der Waals surface area contributed by atoms with Crippen molar-refractivity contribution in [2.75, 3.05) is 0 Å². The van der Waals surface area contributed by atoms with E-state index in [1.54, 1.807) is 6.07 Å². The molecule has 1 aliphatic carbocycles. The number of aromatic nitrogens is 1. The van der Waals surface area contributed by atoms with Gasteiger partial charge in [0.25, 0.3) is 5.92 Å². The number of halogens is 7. The van der Waals surface area contributed by atoms with E-state index in [0.717, 1.165) is 18.2 Å². The topological polar surface area (TPSA) is 49.0 Å². The van der Waals surface area contributed by atoms with Crippen LogP contribution in [-0.4, -0.2) is 15.6 Å². The van der Waals surface area contributed by atoms with E-state index in [-0.39, 0.29) is 16.3 Å². The van der Waals surface area contributed by atoms with Crippen LogP contribution in [0.4, 0.5) is 26.3 Å². The van der Waals surface area contributed by atoms with Crippen LogP contribution in [0.1, 0.15) is 28.5 Å². The predicted octanol–water partition coefficient (Wildman–Crippen LogP) is 4.39. The fourth-order valence-corrected chi connectivity index (χ4v) is 3.04. The van der Waals surface area contributed by atoms with Crippen molar-refractivity contribution in [2.24, 2.45) is 0 Å². The van der Waals surface area contributed by atoms with E-state index in [9.17, 15) is 31.4 Å². The molecule has 1 aromatic heterocycles. The van der Waals surface area contributed by atoms with Crippen LogP contribution < -0.4 is 0 Å². The van der Waals surface area contributed by atoms with Gasteiger partial charge >= 0.3 is 6.18 Å². The molecule has 3 rings (SSSR count). The van der Waals surface area contributed by atoms with E-state index in [1.165, 1.54) is 0 Å². The lowest BCUT2D eigenvalue weighted by atomic mass is 10.1. The van der Waals surface area contributed by atoms with Crippen molar-refractivity contribution in [3.63, 3.8) is 0 Å². The van der Waals surface area contributed by atoms with E-state index in [1.807, 2.05) is 0 Å². The smallest absolute Gasteiger partial charge is 0.382 e. The molecule has 0 amide bonds. The molecule has 0 saturated heterocycles. The molecule has 1 heterocycles. The number of alkyl halides is 5. The fraction of sp³-hybridized carbons (Fsp3) is 0.267. The molecule has 1 aliphatic rings. The molecule has 10 heteroatoms. The van der Waals surface area contributed by atoms with Crippen LogP contribution in [-0.2, 0) is 12.6 Å². The van der Waals surface area contributed by atoms with Gasteiger partial charge < -0.3 is 5.11 Å². The van der Waals surface area contributed by atoms with Crippen LogP contribution in [0.15, 0.2) is 18.2 Å². The first-order valence-electron chi connectivity index (χ1n) is 6.75. The molecule has 1 atom stereocenters. The highest BCUT2D eigenvalue weighted by Crippen LogP contribution is 2.51. The minimum atomic E-state index is -5.29. The number of hydrogen-bond donors (Lipinski definition) is 1. The standard InChI is InChI=1S/C15H7ClF6N2O/c16-8-2-1-7(3-6(8)5-23)24-9-4-14(18,19)12(25)10(9)11(13(24)17)15(20,21)22/h1-3,12,25H,4H2. The molecule has 3 nitrogen and oxygen atoms in total. The van der Waals surface area contributed by atoms with Gasteiger partial charge in [-0.15, -0.1) is 0 Å². The van der Waals surface area contributed by atoms with Crippen molar-refractivity contribution in [3.8, 4) is 11.8 Å². The second kappa shape index (κ2) is 5.41. The maximum Gasteiger partial charge on any atom is 0.421 e. The Morgan fingerprint density at radius 3 is 2.52 bits per heavy atom. The average Bonchev–Trinajstić information content (AvgIpc) is 2.89. The minimum Gasteiger partial charge on any atom is -0.382 e. The van der Waals surface area contributed by atoms with Crippen molar-refractivity contribution in [3.05, 3.63) is 51.6 Å². The monoisotopic (exact) mass is 380 g/mol. The van der Waals surface area contributed by atoms with Gasteiger partial charge in [0.15, 0.2) is 0 Å². The number of aliphatic hydroxyl groups is 1. The number of aliphatic hydroxyl groups excluding tert-OH is 1. The molecule has 0 spiro atoms. The molecule has 0 aliphatic heterocycles. The van der Waals surface area contributed by atoms with E-state index < -0.39 is 47.4 Å². The second-order valence-electron chi connectivity index (χ2n) is 5.48. The maximum atomic E-state index is 14.5. The molecule has 0 bridgehead atoms. The van der Waals surface area contributed by atoms with Gasteiger partial charge in [-0.05, 0) is 18.2 Å². The molecule has 25 heavy (non-hydrogen) atoms. The summed E-state index contributed by atoms with van der Waals surface area (Å²) in [4.78, 5) is 0. The summed E-state index contributed by atoms with van der Waals surface area (Å²) in [5.74, 6) is -5.71. The number of nitriles is 1. The lowest BCUT2D eigenvalue weighted by molar-refractivity contribution is -0.145. The fourth-order valence-electron chi connectivity index (χ4n) is 2.88. The first-order valence-corrected chi connectivity index (χ1v) is 7.13. The van der Waals surface area contributed by atoms with Crippen molar-refractivity contribution in [1.82, 2.24) is 4.57 Å². The number of hydrogen-bond acceptors (Lipinski definition) is 2. The van der Waals surface area contributed by atoms with Gasteiger partial charge in [-0.3, -0.25) is 4.57 Å². The van der Waals surface area contributed by atoms with E-state index >= 15 is 0 Å². The largest absolute Gasteiger partial charge is 0.421 e. The molecule has 0 radical (unpaired) electrons. The summed E-state index contributed by atoms with van der Waals surface area (Å²) < 4.78 is 81.9. The summed E-state index contributed by atoms with van der Waals surface area (Å²) in [5.41, 5.74) is -4.28. The molecule has 1 aromatic carbocycles. The molecule has 132 valence electrons. The van der Waals surface area contributed by atoms with Gasteiger partial charge in [-0.2, -0.15) is 22.8 Å². The molecular formula is C15H7ClF6N2O. The third-order valence-corrected chi connectivity index (χ3v) is 4.27. The molecule has 0 fully saturated rings. The zero-order valence-electron chi connectivity index (χ0n) is 12.0. The molecule has 2 aromatic rings.